The molecule has 1 saturated heterocycles. The van der Waals surface area contributed by atoms with Crippen molar-refractivity contribution in [3.05, 3.63) is 29.8 Å². The standard InChI is InChI=1S/C12H13NO2.Sn/c1-8(14)11-12(15)10(7-13-11)9-5-3-2-4-6-9;/h2-5,7,10-13,15H,1H3;/t10-,11+,12-;/m0./s1. The molecule has 0 saturated carbocycles. The molecule has 0 aliphatic carbocycles. The van der Waals surface area contributed by atoms with Crippen LogP contribution in [0.1, 0.15) is 18.4 Å². The molecule has 1 aromatic carbocycles. The molecule has 2 heterocycles. The van der Waals surface area contributed by atoms with Crippen LogP contribution in [0.5, 0.6) is 0 Å². The molecule has 82 valence electrons. The number of Topliss-reactive ketones (excluding diaryl/α,β-unsaturated/α-hetero) is 1. The van der Waals surface area contributed by atoms with E-state index in [0.717, 1.165) is 0 Å². The van der Waals surface area contributed by atoms with Gasteiger partial charge >= 0.3 is 105 Å². The first-order valence-electron chi connectivity index (χ1n) is 5.48. The average Bonchev–Trinajstić information content (AvgIpc) is 2.75. The van der Waals surface area contributed by atoms with Crippen molar-refractivity contribution in [2.75, 3.05) is 0 Å². The van der Waals surface area contributed by atoms with Gasteiger partial charge in [-0.3, -0.25) is 0 Å². The van der Waals surface area contributed by atoms with Crippen LogP contribution in [0.25, 0.3) is 0 Å². The zero-order chi connectivity index (χ0) is 11.3. The van der Waals surface area contributed by atoms with Crippen molar-refractivity contribution < 1.29 is 9.90 Å². The van der Waals surface area contributed by atoms with Gasteiger partial charge in [0.05, 0.1) is 0 Å². The number of hydrogen-bond donors (Lipinski definition) is 2. The number of carbonyl (C=O) groups is 1. The molecular formula is C12H13NO2Sn. The SMILES string of the molecule is CC(=O)[C@H]1N[C@H]2[Sn][c]3ccccc3[C@H]2[C@@H]1O. The monoisotopic (exact) mass is 323 g/mol. The zero-order valence-electron chi connectivity index (χ0n) is 8.97. The van der Waals surface area contributed by atoms with Crippen LogP contribution in [-0.4, -0.2) is 48.2 Å². The summed E-state index contributed by atoms with van der Waals surface area (Å²) in [7, 11) is 0. The van der Waals surface area contributed by atoms with Crippen LogP contribution in [0, 0.1) is 0 Å². The summed E-state index contributed by atoms with van der Waals surface area (Å²) >= 11 is -0.693. The van der Waals surface area contributed by atoms with Crippen molar-refractivity contribution in [3.8, 4) is 0 Å². The van der Waals surface area contributed by atoms with Gasteiger partial charge in [-0.05, 0) is 0 Å². The Bertz CT molecular complexity index is 448. The number of aliphatic hydroxyl groups excluding tert-OH is 1. The molecule has 2 aliphatic heterocycles. The van der Waals surface area contributed by atoms with E-state index in [9.17, 15) is 9.90 Å². The van der Waals surface area contributed by atoms with Gasteiger partial charge in [0.15, 0.2) is 0 Å². The second-order valence-electron chi connectivity index (χ2n) is 4.48. The normalized spacial score (nSPS) is 35.9. The molecule has 3 nitrogen and oxygen atoms in total. The fraction of sp³-hybridized carbons (Fsp3) is 0.417. The van der Waals surface area contributed by atoms with Crippen LogP contribution < -0.4 is 8.90 Å². The molecule has 3 rings (SSSR count). The van der Waals surface area contributed by atoms with Crippen molar-refractivity contribution in [2.24, 2.45) is 0 Å². The number of rotatable bonds is 1. The molecule has 4 atom stereocenters. The number of aliphatic hydroxyl groups is 1. The van der Waals surface area contributed by atoms with Crippen LogP contribution >= 0.6 is 0 Å². The van der Waals surface area contributed by atoms with E-state index >= 15 is 0 Å². The molecule has 2 radical (unpaired) electrons. The van der Waals surface area contributed by atoms with Crippen molar-refractivity contribution in [2.45, 2.75) is 29.0 Å². The molecule has 1 aromatic rings. The van der Waals surface area contributed by atoms with Gasteiger partial charge in [-0.1, -0.05) is 0 Å². The van der Waals surface area contributed by atoms with Crippen molar-refractivity contribution >= 4 is 30.5 Å². The Morgan fingerprint density at radius 3 is 2.94 bits per heavy atom. The fourth-order valence-electron chi connectivity index (χ4n) is 2.74. The molecule has 16 heavy (non-hydrogen) atoms. The molecule has 0 unspecified atom stereocenters. The molecule has 0 amide bonds. The van der Waals surface area contributed by atoms with Gasteiger partial charge in [0.1, 0.15) is 0 Å². The Morgan fingerprint density at radius 1 is 1.44 bits per heavy atom. The minimum absolute atomic E-state index is 0.0544. The summed E-state index contributed by atoms with van der Waals surface area (Å²) < 4.78 is 1.86. The Hall–Kier alpha value is -0.391. The van der Waals surface area contributed by atoms with Gasteiger partial charge in [-0.2, -0.15) is 0 Å². The second-order valence-corrected chi connectivity index (χ2v) is 8.62. The molecule has 4 heteroatoms. The van der Waals surface area contributed by atoms with E-state index in [-0.39, 0.29) is 17.7 Å². The van der Waals surface area contributed by atoms with Crippen LogP contribution in [0.15, 0.2) is 24.3 Å². The van der Waals surface area contributed by atoms with Crippen molar-refractivity contribution in [1.29, 1.82) is 0 Å². The maximum atomic E-state index is 11.4. The molecule has 0 aromatic heterocycles. The van der Waals surface area contributed by atoms with E-state index in [2.05, 4.69) is 23.5 Å². The third kappa shape index (κ3) is 1.45. The van der Waals surface area contributed by atoms with Gasteiger partial charge in [0.25, 0.3) is 0 Å². The molecule has 0 bridgehead atoms. The third-order valence-electron chi connectivity index (χ3n) is 3.50. The topological polar surface area (TPSA) is 49.3 Å². The van der Waals surface area contributed by atoms with Crippen LogP contribution in [0.4, 0.5) is 0 Å². The Labute approximate surface area is 104 Å². The Kier molecular flexibility index (Phi) is 2.57. The summed E-state index contributed by atoms with van der Waals surface area (Å²) in [6, 6.07) is 8.03. The van der Waals surface area contributed by atoms with Crippen molar-refractivity contribution in [3.63, 3.8) is 0 Å². The van der Waals surface area contributed by atoms with E-state index in [1.54, 1.807) is 6.92 Å². The van der Waals surface area contributed by atoms with Gasteiger partial charge in [0.2, 0.25) is 0 Å². The summed E-state index contributed by atoms with van der Waals surface area (Å²) in [5.74, 6) is 0.218. The van der Waals surface area contributed by atoms with Gasteiger partial charge in [-0.25, -0.2) is 0 Å². The van der Waals surface area contributed by atoms with Gasteiger partial charge < -0.3 is 0 Å². The van der Waals surface area contributed by atoms with Crippen LogP contribution in [0.3, 0.4) is 0 Å². The molecule has 1 fully saturated rings. The minimum atomic E-state index is -0.693. The summed E-state index contributed by atoms with van der Waals surface area (Å²) in [4.78, 5) is 11.4. The van der Waals surface area contributed by atoms with Crippen LogP contribution in [0.2, 0.25) is 0 Å². The van der Waals surface area contributed by atoms with E-state index in [1.165, 1.54) is 9.14 Å². The Morgan fingerprint density at radius 2 is 2.19 bits per heavy atom. The van der Waals surface area contributed by atoms with E-state index in [0.29, 0.717) is 4.06 Å². The number of carbonyl (C=O) groups excluding carboxylic acids is 1. The fourth-order valence-corrected chi connectivity index (χ4v) is 7.77. The van der Waals surface area contributed by atoms with E-state index < -0.39 is 27.2 Å². The number of benzene rings is 1. The van der Waals surface area contributed by atoms with Gasteiger partial charge in [0, 0.05) is 0 Å². The van der Waals surface area contributed by atoms with Crippen molar-refractivity contribution in [1.82, 2.24) is 5.32 Å². The molecule has 2 aliphatic rings. The first-order chi connectivity index (χ1) is 7.68. The predicted molar refractivity (Wildman–Crippen MR) is 62.0 cm³/mol. The van der Waals surface area contributed by atoms with Crippen LogP contribution in [-0.2, 0) is 4.79 Å². The third-order valence-corrected chi connectivity index (χ3v) is 8.07. The molecule has 2 N–H and O–H groups in total. The zero-order valence-corrected chi connectivity index (χ0v) is 11.8. The quantitative estimate of drug-likeness (QED) is 0.677. The first-order valence-corrected chi connectivity index (χ1v) is 8.56. The van der Waals surface area contributed by atoms with Gasteiger partial charge in [-0.15, -0.1) is 0 Å². The summed E-state index contributed by atoms with van der Waals surface area (Å²) in [5.41, 5.74) is 1.28. The Balaban J connectivity index is 1.98. The van der Waals surface area contributed by atoms with E-state index in [1.807, 2.05) is 6.07 Å². The summed E-state index contributed by atoms with van der Waals surface area (Å²) in [5, 5.41) is 13.5. The molecular weight excluding hydrogens is 309 g/mol. The number of ketones is 1. The number of hydrogen-bond acceptors (Lipinski definition) is 3. The predicted octanol–water partition coefficient (Wildman–Crippen LogP) is -0.639. The number of fused-ring (bicyclic) bond motifs is 3. The second kappa shape index (κ2) is 3.82. The van der Waals surface area contributed by atoms with E-state index in [4.69, 9.17) is 0 Å². The summed E-state index contributed by atoms with van der Waals surface area (Å²) in [6.07, 6.45) is -0.535. The average molecular weight is 322 g/mol. The first kappa shape index (κ1) is 10.7. The summed E-state index contributed by atoms with van der Waals surface area (Å²) in [6.45, 7) is 1.55. The maximum absolute atomic E-state index is 11.4. The molecule has 0 spiro atoms. The number of nitrogens with one attached hydrogen (secondary N) is 1.